The van der Waals surface area contributed by atoms with Crippen molar-refractivity contribution < 1.29 is 4.79 Å². The standard InChI is InChI=1S/C16H23N3O/c1-4-9-17-15(20)13-6-7-14(18-11-13)19-10-5-8-16(2,3)12-19/h4,6-7,11H,1,5,8-10,12H2,2-3H3,(H,17,20). The van der Waals surface area contributed by atoms with Gasteiger partial charge in [0, 0.05) is 25.8 Å². The van der Waals surface area contributed by atoms with Crippen LogP contribution in [0.4, 0.5) is 5.82 Å². The van der Waals surface area contributed by atoms with E-state index in [1.165, 1.54) is 12.8 Å². The van der Waals surface area contributed by atoms with Crippen molar-refractivity contribution in [3.8, 4) is 0 Å². The van der Waals surface area contributed by atoms with Gasteiger partial charge in [0.1, 0.15) is 5.82 Å². The summed E-state index contributed by atoms with van der Waals surface area (Å²) in [5, 5.41) is 2.75. The Morgan fingerprint density at radius 3 is 2.95 bits per heavy atom. The minimum absolute atomic E-state index is 0.108. The molecule has 1 aromatic heterocycles. The van der Waals surface area contributed by atoms with Crippen molar-refractivity contribution in [2.24, 2.45) is 5.41 Å². The molecule has 2 heterocycles. The molecule has 4 heteroatoms. The van der Waals surface area contributed by atoms with E-state index < -0.39 is 0 Å². The minimum atomic E-state index is -0.108. The van der Waals surface area contributed by atoms with Crippen LogP contribution in [-0.4, -0.2) is 30.5 Å². The zero-order valence-corrected chi connectivity index (χ0v) is 12.4. The van der Waals surface area contributed by atoms with Gasteiger partial charge < -0.3 is 10.2 Å². The molecule has 0 aliphatic carbocycles. The van der Waals surface area contributed by atoms with Crippen molar-refractivity contribution in [3.05, 3.63) is 36.5 Å². The van der Waals surface area contributed by atoms with Gasteiger partial charge in [-0.05, 0) is 30.4 Å². The van der Waals surface area contributed by atoms with Crippen molar-refractivity contribution in [2.45, 2.75) is 26.7 Å². The van der Waals surface area contributed by atoms with Gasteiger partial charge in [0.15, 0.2) is 0 Å². The van der Waals surface area contributed by atoms with Crippen molar-refractivity contribution in [1.82, 2.24) is 10.3 Å². The van der Waals surface area contributed by atoms with Crippen LogP contribution >= 0.6 is 0 Å². The van der Waals surface area contributed by atoms with Gasteiger partial charge in [-0.15, -0.1) is 6.58 Å². The molecule has 1 amide bonds. The zero-order chi connectivity index (χ0) is 14.6. The summed E-state index contributed by atoms with van der Waals surface area (Å²) in [6, 6.07) is 3.77. The van der Waals surface area contributed by atoms with Crippen molar-refractivity contribution in [3.63, 3.8) is 0 Å². The number of anilines is 1. The molecule has 0 unspecified atom stereocenters. The molecular weight excluding hydrogens is 250 g/mol. The first-order valence-electron chi connectivity index (χ1n) is 7.12. The Morgan fingerprint density at radius 1 is 1.55 bits per heavy atom. The summed E-state index contributed by atoms with van der Waals surface area (Å²) in [4.78, 5) is 18.5. The van der Waals surface area contributed by atoms with E-state index in [0.29, 0.717) is 17.5 Å². The molecule has 0 bridgehead atoms. The summed E-state index contributed by atoms with van der Waals surface area (Å²) < 4.78 is 0. The Kier molecular flexibility index (Phi) is 4.42. The molecule has 20 heavy (non-hydrogen) atoms. The van der Waals surface area contributed by atoms with Crippen LogP contribution in [-0.2, 0) is 0 Å². The fourth-order valence-corrected chi connectivity index (χ4v) is 2.59. The van der Waals surface area contributed by atoms with E-state index in [4.69, 9.17) is 0 Å². The van der Waals surface area contributed by atoms with E-state index in [-0.39, 0.29) is 5.91 Å². The van der Waals surface area contributed by atoms with Gasteiger partial charge in [-0.2, -0.15) is 0 Å². The molecule has 1 fully saturated rings. The molecular formula is C16H23N3O. The van der Waals surface area contributed by atoms with Crippen LogP contribution in [0.5, 0.6) is 0 Å². The Bertz CT molecular complexity index is 479. The normalized spacial score (nSPS) is 17.6. The zero-order valence-electron chi connectivity index (χ0n) is 12.4. The third-order valence-electron chi connectivity index (χ3n) is 3.64. The number of carbonyl (C=O) groups is 1. The molecule has 0 spiro atoms. The van der Waals surface area contributed by atoms with E-state index in [9.17, 15) is 4.79 Å². The Morgan fingerprint density at radius 2 is 2.35 bits per heavy atom. The van der Waals surface area contributed by atoms with Gasteiger partial charge in [0.05, 0.1) is 5.56 Å². The van der Waals surface area contributed by atoms with Gasteiger partial charge in [-0.25, -0.2) is 4.98 Å². The minimum Gasteiger partial charge on any atom is -0.356 e. The molecule has 4 nitrogen and oxygen atoms in total. The fraction of sp³-hybridized carbons (Fsp3) is 0.500. The summed E-state index contributed by atoms with van der Waals surface area (Å²) in [7, 11) is 0. The monoisotopic (exact) mass is 273 g/mol. The summed E-state index contributed by atoms with van der Waals surface area (Å²) in [5.74, 6) is 0.848. The highest BCUT2D eigenvalue weighted by Gasteiger charge is 2.26. The average Bonchev–Trinajstić information content (AvgIpc) is 2.44. The number of hydrogen-bond acceptors (Lipinski definition) is 3. The quantitative estimate of drug-likeness (QED) is 0.858. The second kappa shape index (κ2) is 6.07. The molecule has 0 aromatic carbocycles. The predicted octanol–water partition coefficient (Wildman–Crippen LogP) is 2.62. The lowest BCUT2D eigenvalue weighted by atomic mass is 9.84. The second-order valence-electron chi connectivity index (χ2n) is 6.09. The maximum absolute atomic E-state index is 11.8. The SMILES string of the molecule is C=CCNC(=O)c1ccc(N2CCCC(C)(C)C2)nc1. The molecule has 1 aromatic rings. The number of amides is 1. The smallest absolute Gasteiger partial charge is 0.253 e. The largest absolute Gasteiger partial charge is 0.356 e. The van der Waals surface area contributed by atoms with Crippen LogP contribution in [0, 0.1) is 5.41 Å². The highest BCUT2D eigenvalue weighted by molar-refractivity contribution is 5.94. The van der Waals surface area contributed by atoms with Crippen LogP contribution in [0.2, 0.25) is 0 Å². The molecule has 1 N–H and O–H groups in total. The summed E-state index contributed by atoms with van der Waals surface area (Å²) in [5.41, 5.74) is 0.923. The number of nitrogens with one attached hydrogen (secondary N) is 1. The third kappa shape index (κ3) is 3.59. The number of carbonyl (C=O) groups excluding carboxylic acids is 1. The molecule has 0 saturated carbocycles. The lowest BCUT2D eigenvalue weighted by molar-refractivity contribution is 0.0957. The van der Waals surface area contributed by atoms with Crippen LogP contribution in [0.1, 0.15) is 37.0 Å². The predicted molar refractivity (Wildman–Crippen MR) is 82.0 cm³/mol. The van der Waals surface area contributed by atoms with E-state index >= 15 is 0 Å². The van der Waals surface area contributed by atoms with Gasteiger partial charge in [-0.3, -0.25) is 4.79 Å². The number of piperidine rings is 1. The van der Waals surface area contributed by atoms with E-state index in [0.717, 1.165) is 18.9 Å². The van der Waals surface area contributed by atoms with E-state index in [1.54, 1.807) is 12.3 Å². The fourth-order valence-electron chi connectivity index (χ4n) is 2.59. The topological polar surface area (TPSA) is 45.2 Å². The van der Waals surface area contributed by atoms with Crippen LogP contribution < -0.4 is 10.2 Å². The van der Waals surface area contributed by atoms with Gasteiger partial charge in [0.2, 0.25) is 0 Å². The molecule has 0 atom stereocenters. The molecule has 1 aliphatic heterocycles. The first kappa shape index (κ1) is 14.6. The molecule has 1 saturated heterocycles. The highest BCUT2D eigenvalue weighted by Crippen LogP contribution is 2.30. The van der Waals surface area contributed by atoms with Gasteiger partial charge >= 0.3 is 0 Å². The second-order valence-corrected chi connectivity index (χ2v) is 6.09. The van der Waals surface area contributed by atoms with Crippen LogP contribution in [0.3, 0.4) is 0 Å². The Hall–Kier alpha value is -1.84. The van der Waals surface area contributed by atoms with Crippen molar-refractivity contribution in [1.29, 1.82) is 0 Å². The lowest BCUT2D eigenvalue weighted by Gasteiger charge is -2.38. The first-order valence-corrected chi connectivity index (χ1v) is 7.12. The summed E-state index contributed by atoms with van der Waals surface area (Å²) in [6.45, 7) is 10.7. The maximum Gasteiger partial charge on any atom is 0.253 e. The lowest BCUT2D eigenvalue weighted by Crippen LogP contribution is -2.40. The number of pyridine rings is 1. The summed E-state index contributed by atoms with van der Waals surface area (Å²) >= 11 is 0. The van der Waals surface area contributed by atoms with Gasteiger partial charge in [0.25, 0.3) is 5.91 Å². The number of nitrogens with zero attached hydrogens (tertiary/aromatic N) is 2. The van der Waals surface area contributed by atoms with Gasteiger partial charge in [-0.1, -0.05) is 19.9 Å². The van der Waals surface area contributed by atoms with Crippen molar-refractivity contribution in [2.75, 3.05) is 24.5 Å². The molecule has 108 valence electrons. The number of rotatable bonds is 4. The molecule has 1 aliphatic rings. The third-order valence-corrected chi connectivity index (χ3v) is 3.64. The number of hydrogen-bond donors (Lipinski definition) is 1. The van der Waals surface area contributed by atoms with Crippen molar-refractivity contribution >= 4 is 11.7 Å². The molecule has 0 radical (unpaired) electrons. The summed E-state index contributed by atoms with van der Waals surface area (Å²) in [6.07, 6.45) is 5.76. The van der Waals surface area contributed by atoms with E-state index in [2.05, 4.69) is 35.6 Å². The maximum atomic E-state index is 11.8. The van der Waals surface area contributed by atoms with Crippen LogP contribution in [0.25, 0.3) is 0 Å². The Labute approximate surface area is 120 Å². The Balaban J connectivity index is 2.04. The van der Waals surface area contributed by atoms with Crippen LogP contribution in [0.15, 0.2) is 31.0 Å². The highest BCUT2D eigenvalue weighted by atomic mass is 16.1. The number of aromatic nitrogens is 1. The first-order chi connectivity index (χ1) is 9.52. The van der Waals surface area contributed by atoms with E-state index in [1.807, 2.05) is 12.1 Å². The average molecular weight is 273 g/mol. The molecule has 2 rings (SSSR count).